The van der Waals surface area contributed by atoms with Crippen LogP contribution in [0, 0.1) is 0 Å². The van der Waals surface area contributed by atoms with Gasteiger partial charge in [-0.2, -0.15) is 0 Å². The molecule has 19 heavy (non-hydrogen) atoms. The summed E-state index contributed by atoms with van der Waals surface area (Å²) in [4.78, 5) is 13.4. The van der Waals surface area contributed by atoms with Crippen molar-refractivity contribution in [3.05, 3.63) is 52.9 Å². The molecule has 1 aromatic heterocycles. The van der Waals surface area contributed by atoms with Gasteiger partial charge in [-0.05, 0) is 24.3 Å². The van der Waals surface area contributed by atoms with Crippen LogP contribution in [0.2, 0.25) is 5.02 Å². The molecule has 1 amide bonds. The molecule has 0 spiro atoms. The van der Waals surface area contributed by atoms with Gasteiger partial charge in [-0.1, -0.05) is 11.6 Å². The average molecular weight is 279 g/mol. The summed E-state index contributed by atoms with van der Waals surface area (Å²) < 4.78 is 4.99. The zero-order chi connectivity index (χ0) is 13.8. The van der Waals surface area contributed by atoms with Crippen molar-refractivity contribution in [2.45, 2.75) is 6.54 Å². The lowest BCUT2D eigenvalue weighted by Crippen LogP contribution is -2.21. The number of rotatable bonds is 4. The van der Waals surface area contributed by atoms with Crippen LogP contribution in [0.5, 0.6) is 0 Å². The Kier molecular flexibility index (Phi) is 4.12. The molecule has 5 heteroatoms. The Morgan fingerprint density at radius 2 is 2.16 bits per heavy atom. The first kappa shape index (κ1) is 13.5. The Morgan fingerprint density at radius 3 is 2.79 bits per heavy atom. The summed E-state index contributed by atoms with van der Waals surface area (Å²) >= 11 is 6.11. The van der Waals surface area contributed by atoms with Crippen LogP contribution in [-0.2, 0) is 6.54 Å². The topological polar surface area (TPSA) is 45.5 Å². The van der Waals surface area contributed by atoms with Crippen LogP contribution in [0.4, 0.5) is 5.69 Å². The van der Waals surface area contributed by atoms with Crippen molar-refractivity contribution in [2.75, 3.05) is 19.4 Å². The predicted octanol–water partition coefficient (Wildman–Crippen LogP) is 3.25. The molecule has 0 saturated heterocycles. The van der Waals surface area contributed by atoms with Gasteiger partial charge in [0.1, 0.15) is 0 Å². The second kappa shape index (κ2) is 5.80. The number of benzene rings is 1. The molecule has 1 aromatic carbocycles. The summed E-state index contributed by atoms with van der Waals surface area (Å²) in [6, 6.07) is 7.06. The van der Waals surface area contributed by atoms with E-state index in [0.717, 1.165) is 11.3 Å². The average Bonchev–Trinajstić information content (AvgIpc) is 2.90. The van der Waals surface area contributed by atoms with Crippen molar-refractivity contribution in [1.29, 1.82) is 0 Å². The number of anilines is 1. The van der Waals surface area contributed by atoms with Crippen LogP contribution in [0.15, 0.2) is 41.2 Å². The molecule has 0 aliphatic heterocycles. The van der Waals surface area contributed by atoms with Crippen molar-refractivity contribution in [3.8, 4) is 0 Å². The Morgan fingerprint density at radius 1 is 1.37 bits per heavy atom. The van der Waals surface area contributed by atoms with Gasteiger partial charge in [-0.25, -0.2) is 0 Å². The normalized spacial score (nSPS) is 10.3. The van der Waals surface area contributed by atoms with E-state index in [1.165, 1.54) is 4.90 Å². The number of nitrogens with zero attached hydrogens (tertiary/aromatic N) is 1. The van der Waals surface area contributed by atoms with E-state index in [4.69, 9.17) is 16.0 Å². The lowest BCUT2D eigenvalue weighted by atomic mass is 10.1. The van der Waals surface area contributed by atoms with Gasteiger partial charge in [-0.15, -0.1) is 0 Å². The molecule has 1 N–H and O–H groups in total. The molecule has 0 saturated carbocycles. The Labute approximate surface area is 117 Å². The van der Waals surface area contributed by atoms with Gasteiger partial charge >= 0.3 is 0 Å². The first-order chi connectivity index (χ1) is 9.08. The highest BCUT2D eigenvalue weighted by Crippen LogP contribution is 2.24. The van der Waals surface area contributed by atoms with Crippen LogP contribution >= 0.6 is 11.6 Å². The molecule has 0 fully saturated rings. The van der Waals surface area contributed by atoms with Crippen LogP contribution in [0.25, 0.3) is 0 Å². The maximum absolute atomic E-state index is 11.9. The molecule has 0 aliphatic rings. The SMILES string of the molecule is CN(C)C(=O)c1ccc(Cl)c(NCc2ccoc2)c1. The van der Waals surface area contributed by atoms with Crippen LogP contribution < -0.4 is 5.32 Å². The maximum atomic E-state index is 11.9. The van der Waals surface area contributed by atoms with E-state index in [9.17, 15) is 4.79 Å². The van der Waals surface area contributed by atoms with E-state index in [1.807, 2.05) is 6.07 Å². The molecule has 0 aliphatic carbocycles. The van der Waals surface area contributed by atoms with Crippen LogP contribution in [-0.4, -0.2) is 24.9 Å². The third-order valence-corrected chi connectivity index (χ3v) is 3.01. The van der Waals surface area contributed by atoms with Gasteiger partial charge in [0, 0.05) is 31.8 Å². The number of nitrogens with one attached hydrogen (secondary N) is 1. The van der Waals surface area contributed by atoms with Gasteiger partial charge in [0.25, 0.3) is 5.91 Å². The molecule has 4 nitrogen and oxygen atoms in total. The minimum Gasteiger partial charge on any atom is -0.472 e. The van der Waals surface area contributed by atoms with Crippen molar-refractivity contribution in [2.24, 2.45) is 0 Å². The van der Waals surface area contributed by atoms with E-state index in [0.29, 0.717) is 17.1 Å². The molecule has 0 radical (unpaired) electrons. The number of hydrogen-bond acceptors (Lipinski definition) is 3. The summed E-state index contributed by atoms with van der Waals surface area (Å²) in [7, 11) is 3.44. The van der Waals surface area contributed by atoms with Gasteiger partial charge in [0.05, 0.1) is 23.2 Å². The highest BCUT2D eigenvalue weighted by molar-refractivity contribution is 6.33. The molecule has 2 aromatic rings. The molecule has 0 bridgehead atoms. The quantitative estimate of drug-likeness (QED) is 0.934. The highest BCUT2D eigenvalue weighted by Gasteiger charge is 2.10. The minimum absolute atomic E-state index is 0.0528. The van der Waals surface area contributed by atoms with E-state index in [2.05, 4.69) is 5.32 Å². The van der Waals surface area contributed by atoms with Gasteiger partial charge in [-0.3, -0.25) is 4.79 Å². The van der Waals surface area contributed by atoms with Crippen molar-refractivity contribution in [3.63, 3.8) is 0 Å². The molecule has 1 heterocycles. The lowest BCUT2D eigenvalue weighted by molar-refractivity contribution is 0.0827. The van der Waals surface area contributed by atoms with Crippen molar-refractivity contribution < 1.29 is 9.21 Å². The number of amides is 1. The summed E-state index contributed by atoms with van der Waals surface area (Å²) in [5.41, 5.74) is 2.35. The molecule has 100 valence electrons. The zero-order valence-electron chi connectivity index (χ0n) is 10.8. The van der Waals surface area contributed by atoms with Crippen LogP contribution in [0.3, 0.4) is 0 Å². The van der Waals surface area contributed by atoms with Gasteiger partial charge in [0.2, 0.25) is 0 Å². The lowest BCUT2D eigenvalue weighted by Gasteiger charge is -2.13. The Hall–Kier alpha value is -1.94. The molecular formula is C14H15ClN2O2. The van der Waals surface area contributed by atoms with E-state index >= 15 is 0 Å². The monoisotopic (exact) mass is 278 g/mol. The third kappa shape index (κ3) is 3.29. The summed E-state index contributed by atoms with van der Waals surface area (Å²) in [6.45, 7) is 0.593. The standard InChI is InChI=1S/C14H15ClN2O2/c1-17(2)14(18)11-3-4-12(15)13(7-11)16-8-10-5-6-19-9-10/h3-7,9,16H,8H2,1-2H3. The molecular weight excluding hydrogens is 264 g/mol. The first-order valence-corrected chi connectivity index (χ1v) is 6.22. The summed E-state index contributed by atoms with van der Waals surface area (Å²) in [6.07, 6.45) is 3.28. The number of carbonyl (C=O) groups excluding carboxylic acids is 1. The highest BCUT2D eigenvalue weighted by atomic mass is 35.5. The van der Waals surface area contributed by atoms with Crippen molar-refractivity contribution >= 4 is 23.2 Å². The second-order valence-corrected chi connectivity index (χ2v) is 4.79. The fraction of sp³-hybridized carbons (Fsp3) is 0.214. The van der Waals surface area contributed by atoms with Crippen LogP contribution in [0.1, 0.15) is 15.9 Å². The number of halogens is 1. The molecule has 0 unspecified atom stereocenters. The number of furan rings is 1. The van der Waals surface area contributed by atoms with Crippen molar-refractivity contribution in [1.82, 2.24) is 4.90 Å². The van der Waals surface area contributed by atoms with Gasteiger partial charge in [0.15, 0.2) is 0 Å². The van der Waals surface area contributed by atoms with E-state index in [-0.39, 0.29) is 5.91 Å². The zero-order valence-corrected chi connectivity index (χ0v) is 11.6. The Bertz CT molecular complexity index is 565. The maximum Gasteiger partial charge on any atom is 0.253 e. The van der Waals surface area contributed by atoms with E-state index in [1.54, 1.807) is 44.8 Å². The van der Waals surface area contributed by atoms with Gasteiger partial charge < -0.3 is 14.6 Å². The smallest absolute Gasteiger partial charge is 0.253 e. The fourth-order valence-corrected chi connectivity index (χ4v) is 1.83. The molecule has 0 atom stereocenters. The largest absolute Gasteiger partial charge is 0.472 e. The van der Waals surface area contributed by atoms with E-state index < -0.39 is 0 Å². The predicted molar refractivity (Wildman–Crippen MR) is 75.5 cm³/mol. The third-order valence-electron chi connectivity index (χ3n) is 2.68. The number of carbonyl (C=O) groups is 1. The summed E-state index contributed by atoms with van der Waals surface area (Å²) in [5.74, 6) is -0.0528. The fourth-order valence-electron chi connectivity index (χ4n) is 1.64. The first-order valence-electron chi connectivity index (χ1n) is 5.84. The number of hydrogen-bond donors (Lipinski definition) is 1. The minimum atomic E-state index is -0.0528. The molecule has 2 rings (SSSR count). The summed E-state index contributed by atoms with van der Waals surface area (Å²) in [5, 5.41) is 3.77. The second-order valence-electron chi connectivity index (χ2n) is 4.38. The Balaban J connectivity index is 2.15.